The van der Waals surface area contributed by atoms with Crippen molar-refractivity contribution in [2.24, 2.45) is 0 Å². The molecule has 0 fully saturated rings. The van der Waals surface area contributed by atoms with Crippen LogP contribution in [0.1, 0.15) is 27.0 Å². The van der Waals surface area contributed by atoms with Crippen LogP contribution in [0, 0.1) is 13.8 Å². The number of carbonyl (C=O) groups is 1. The molecule has 34 heavy (non-hydrogen) atoms. The molecule has 0 aliphatic heterocycles. The van der Waals surface area contributed by atoms with E-state index in [0.717, 1.165) is 33.5 Å². The molecule has 4 aromatic rings. The molecule has 0 heterocycles. The van der Waals surface area contributed by atoms with Gasteiger partial charge in [0.1, 0.15) is 0 Å². The van der Waals surface area contributed by atoms with Crippen LogP contribution >= 0.6 is 0 Å². The number of hydrogen-bond donors (Lipinski definition) is 2. The first-order chi connectivity index (χ1) is 16.3. The summed E-state index contributed by atoms with van der Waals surface area (Å²) in [7, 11) is -3.61. The molecule has 0 aliphatic rings. The largest absolute Gasteiger partial charge is 0.322 e. The van der Waals surface area contributed by atoms with E-state index >= 15 is 0 Å². The maximum absolute atomic E-state index is 12.6. The molecule has 5 nitrogen and oxygen atoms in total. The van der Waals surface area contributed by atoms with Crippen molar-refractivity contribution >= 4 is 21.6 Å². The van der Waals surface area contributed by atoms with E-state index in [1.54, 1.807) is 36.4 Å². The van der Waals surface area contributed by atoms with Gasteiger partial charge >= 0.3 is 0 Å². The summed E-state index contributed by atoms with van der Waals surface area (Å²) in [5, 5.41) is 2.93. The summed E-state index contributed by atoms with van der Waals surface area (Å²) in [5.74, 6) is -0.178. The lowest BCUT2D eigenvalue weighted by Crippen LogP contribution is -2.23. The zero-order valence-corrected chi connectivity index (χ0v) is 19.9. The van der Waals surface area contributed by atoms with Crippen molar-refractivity contribution in [2.75, 3.05) is 5.32 Å². The number of amides is 1. The van der Waals surface area contributed by atoms with Crippen molar-refractivity contribution < 1.29 is 13.2 Å². The topological polar surface area (TPSA) is 75.3 Å². The molecular formula is C28H26N2O3S. The van der Waals surface area contributed by atoms with Gasteiger partial charge in [-0.05, 0) is 78.1 Å². The molecule has 0 saturated heterocycles. The van der Waals surface area contributed by atoms with Crippen LogP contribution in [0.15, 0.2) is 102 Å². The van der Waals surface area contributed by atoms with E-state index in [4.69, 9.17) is 0 Å². The molecule has 6 heteroatoms. The predicted molar refractivity (Wildman–Crippen MR) is 136 cm³/mol. The molecule has 1 amide bonds. The highest BCUT2D eigenvalue weighted by atomic mass is 32.2. The van der Waals surface area contributed by atoms with Crippen molar-refractivity contribution in [3.8, 4) is 11.1 Å². The minimum Gasteiger partial charge on any atom is -0.322 e. The van der Waals surface area contributed by atoms with Crippen LogP contribution < -0.4 is 10.0 Å². The quantitative estimate of drug-likeness (QED) is 0.364. The van der Waals surface area contributed by atoms with Crippen molar-refractivity contribution in [3.63, 3.8) is 0 Å². The highest BCUT2D eigenvalue weighted by Gasteiger charge is 2.14. The predicted octanol–water partition coefficient (Wildman–Crippen LogP) is 5.70. The Labute approximate surface area is 200 Å². The molecule has 0 saturated carbocycles. The van der Waals surface area contributed by atoms with Gasteiger partial charge in [0.2, 0.25) is 10.0 Å². The summed E-state index contributed by atoms with van der Waals surface area (Å²) in [5.41, 5.74) is 6.14. The van der Waals surface area contributed by atoms with Gasteiger partial charge in [-0.1, -0.05) is 60.7 Å². The second-order valence-corrected chi connectivity index (χ2v) is 10.0. The molecule has 172 valence electrons. The average Bonchev–Trinajstić information content (AvgIpc) is 2.83. The minimum absolute atomic E-state index is 0.178. The third kappa shape index (κ3) is 5.78. The first-order valence-corrected chi connectivity index (χ1v) is 12.4. The Kier molecular flexibility index (Phi) is 6.91. The van der Waals surface area contributed by atoms with E-state index in [-0.39, 0.29) is 17.3 Å². The highest BCUT2D eigenvalue weighted by molar-refractivity contribution is 7.89. The van der Waals surface area contributed by atoms with E-state index in [1.165, 1.54) is 0 Å². The summed E-state index contributed by atoms with van der Waals surface area (Å²) < 4.78 is 27.8. The van der Waals surface area contributed by atoms with E-state index < -0.39 is 10.0 Å². The summed E-state index contributed by atoms with van der Waals surface area (Å²) in [6.07, 6.45) is 0. The van der Waals surface area contributed by atoms with Crippen LogP contribution in [-0.4, -0.2) is 14.3 Å². The van der Waals surface area contributed by atoms with Gasteiger partial charge in [-0.25, -0.2) is 13.1 Å². The summed E-state index contributed by atoms with van der Waals surface area (Å²) in [6, 6.07) is 29.2. The Balaban J connectivity index is 1.43. The van der Waals surface area contributed by atoms with E-state index in [2.05, 4.69) is 16.1 Å². The lowest BCUT2D eigenvalue weighted by Gasteiger charge is -2.10. The van der Waals surface area contributed by atoms with Gasteiger partial charge in [0.15, 0.2) is 0 Å². The second-order valence-electron chi connectivity index (χ2n) is 8.24. The fraction of sp³-hybridized carbons (Fsp3) is 0.107. The molecule has 4 rings (SSSR count). The number of hydrogen-bond acceptors (Lipinski definition) is 3. The van der Waals surface area contributed by atoms with E-state index in [9.17, 15) is 13.2 Å². The minimum atomic E-state index is -3.61. The molecule has 0 aliphatic carbocycles. The van der Waals surface area contributed by atoms with Crippen molar-refractivity contribution in [3.05, 3.63) is 119 Å². The SMILES string of the molecule is Cc1cc(C)cc(NC(=O)c2ccc(-c3ccc(S(=O)(=O)NCc4ccccc4)cc3)cc2)c1. The maximum atomic E-state index is 12.6. The number of sulfonamides is 1. The fourth-order valence-electron chi connectivity index (χ4n) is 3.75. The second kappa shape index (κ2) is 10.0. The molecule has 0 bridgehead atoms. The normalized spacial score (nSPS) is 11.2. The van der Waals surface area contributed by atoms with Crippen molar-refractivity contribution in [1.29, 1.82) is 0 Å². The van der Waals surface area contributed by atoms with Crippen molar-refractivity contribution in [2.45, 2.75) is 25.3 Å². The van der Waals surface area contributed by atoms with E-state index in [1.807, 2.05) is 68.4 Å². The zero-order valence-electron chi connectivity index (χ0n) is 19.1. The Morgan fingerprint density at radius 3 is 1.88 bits per heavy atom. The summed E-state index contributed by atoms with van der Waals surface area (Å²) in [6.45, 7) is 4.22. The number of rotatable bonds is 7. The third-order valence-corrected chi connectivity index (χ3v) is 6.85. The lowest BCUT2D eigenvalue weighted by molar-refractivity contribution is 0.102. The first-order valence-electron chi connectivity index (χ1n) is 10.9. The Hall–Kier alpha value is -3.74. The molecule has 0 radical (unpaired) electrons. The average molecular weight is 471 g/mol. The van der Waals surface area contributed by atoms with Crippen molar-refractivity contribution in [1.82, 2.24) is 4.72 Å². The molecule has 2 N–H and O–H groups in total. The van der Waals surface area contributed by atoms with Gasteiger partial charge in [-0.3, -0.25) is 4.79 Å². The fourth-order valence-corrected chi connectivity index (χ4v) is 4.77. The van der Waals surface area contributed by atoms with Gasteiger partial charge in [0.05, 0.1) is 4.90 Å². The van der Waals surface area contributed by atoms with Crippen LogP contribution in [-0.2, 0) is 16.6 Å². The Morgan fingerprint density at radius 1 is 0.735 bits per heavy atom. The monoisotopic (exact) mass is 470 g/mol. The molecule has 0 atom stereocenters. The summed E-state index contributed by atoms with van der Waals surface area (Å²) in [4.78, 5) is 12.8. The number of aryl methyl sites for hydroxylation is 2. The lowest BCUT2D eigenvalue weighted by atomic mass is 10.0. The molecule has 0 aromatic heterocycles. The number of nitrogens with one attached hydrogen (secondary N) is 2. The van der Waals surface area contributed by atoms with E-state index in [0.29, 0.717) is 5.56 Å². The van der Waals surface area contributed by atoms with Gasteiger partial charge in [0.25, 0.3) is 5.91 Å². The highest BCUT2D eigenvalue weighted by Crippen LogP contribution is 2.23. The third-order valence-electron chi connectivity index (χ3n) is 5.43. The van der Waals surface area contributed by atoms with Gasteiger partial charge in [-0.15, -0.1) is 0 Å². The molecule has 4 aromatic carbocycles. The molecule has 0 spiro atoms. The smallest absolute Gasteiger partial charge is 0.255 e. The van der Waals surface area contributed by atoms with Crippen LogP contribution in [0.3, 0.4) is 0 Å². The number of carbonyl (C=O) groups excluding carboxylic acids is 1. The molecular weight excluding hydrogens is 444 g/mol. The maximum Gasteiger partial charge on any atom is 0.255 e. The Bertz CT molecular complexity index is 1380. The summed E-state index contributed by atoms with van der Waals surface area (Å²) >= 11 is 0. The number of anilines is 1. The zero-order chi connectivity index (χ0) is 24.1. The number of benzene rings is 4. The first kappa shape index (κ1) is 23.4. The van der Waals surface area contributed by atoms with Crippen LogP contribution in [0.25, 0.3) is 11.1 Å². The van der Waals surface area contributed by atoms with Gasteiger partial charge in [-0.2, -0.15) is 0 Å². The molecule has 0 unspecified atom stereocenters. The van der Waals surface area contributed by atoms with Crippen LogP contribution in [0.5, 0.6) is 0 Å². The van der Waals surface area contributed by atoms with Gasteiger partial charge in [0, 0.05) is 17.8 Å². The standard InChI is InChI=1S/C28H26N2O3S/c1-20-16-21(2)18-26(17-20)30-28(31)25-10-8-23(9-11-25)24-12-14-27(15-13-24)34(32,33)29-19-22-6-4-3-5-7-22/h3-18,29H,19H2,1-2H3,(H,30,31). The Morgan fingerprint density at radius 2 is 1.29 bits per heavy atom. The van der Waals surface area contributed by atoms with Crippen LogP contribution in [0.2, 0.25) is 0 Å². The van der Waals surface area contributed by atoms with Gasteiger partial charge < -0.3 is 5.32 Å². The van der Waals surface area contributed by atoms with Crippen LogP contribution in [0.4, 0.5) is 5.69 Å².